The van der Waals surface area contributed by atoms with E-state index in [1.54, 1.807) is 24.3 Å². The van der Waals surface area contributed by atoms with Gasteiger partial charge in [0.1, 0.15) is 5.75 Å². The first-order chi connectivity index (χ1) is 10.7. The van der Waals surface area contributed by atoms with Crippen LogP contribution < -0.4 is 15.4 Å². The molecule has 0 saturated carbocycles. The van der Waals surface area contributed by atoms with Gasteiger partial charge in [0, 0.05) is 18.8 Å². The zero-order valence-corrected chi connectivity index (χ0v) is 12.8. The molecule has 2 rings (SSSR count). The quantitative estimate of drug-likeness (QED) is 0.784. The lowest BCUT2D eigenvalue weighted by Gasteiger charge is -2.11. The number of rotatable bonds is 6. The molecule has 1 aromatic carbocycles. The minimum absolute atomic E-state index is 0.0201. The summed E-state index contributed by atoms with van der Waals surface area (Å²) in [6.45, 7) is 3.77. The largest absolute Gasteiger partial charge is 0.494 e. The van der Waals surface area contributed by atoms with Crippen molar-refractivity contribution >= 4 is 17.5 Å². The van der Waals surface area contributed by atoms with Gasteiger partial charge < -0.3 is 20.1 Å². The second-order valence-electron chi connectivity index (χ2n) is 5.17. The molecular weight excluding hydrogens is 284 g/mol. The molecular formula is C16H22N2O4. The van der Waals surface area contributed by atoms with Crippen molar-refractivity contribution in [3.05, 3.63) is 24.3 Å². The summed E-state index contributed by atoms with van der Waals surface area (Å²) in [4.78, 5) is 23.5. The highest BCUT2D eigenvalue weighted by molar-refractivity contribution is 6.39. The number of amides is 2. The molecule has 6 nitrogen and oxygen atoms in total. The molecule has 120 valence electrons. The highest BCUT2D eigenvalue weighted by Gasteiger charge is 2.19. The molecule has 2 N–H and O–H groups in total. The molecule has 0 aliphatic carbocycles. The fourth-order valence-electron chi connectivity index (χ4n) is 2.13. The summed E-state index contributed by atoms with van der Waals surface area (Å²) in [5.74, 6) is -0.593. The number of carbonyl (C=O) groups is 2. The van der Waals surface area contributed by atoms with Crippen molar-refractivity contribution in [2.75, 3.05) is 25.1 Å². The van der Waals surface area contributed by atoms with Gasteiger partial charge in [0.25, 0.3) is 0 Å². The van der Waals surface area contributed by atoms with E-state index in [2.05, 4.69) is 10.6 Å². The summed E-state index contributed by atoms with van der Waals surface area (Å²) in [7, 11) is 0. The number of ether oxygens (including phenoxy) is 2. The third-order valence-electron chi connectivity index (χ3n) is 3.31. The Kier molecular flexibility index (Phi) is 6.21. The van der Waals surface area contributed by atoms with E-state index >= 15 is 0 Å². The van der Waals surface area contributed by atoms with E-state index < -0.39 is 11.8 Å². The first-order valence-electron chi connectivity index (χ1n) is 7.62. The third-order valence-corrected chi connectivity index (χ3v) is 3.31. The van der Waals surface area contributed by atoms with Crippen molar-refractivity contribution in [1.29, 1.82) is 0 Å². The molecule has 1 saturated heterocycles. The number of anilines is 1. The summed E-state index contributed by atoms with van der Waals surface area (Å²) in [5.41, 5.74) is 0.557. The maximum Gasteiger partial charge on any atom is 0.313 e. The standard InChI is InChI=1S/C16H22N2O4/c1-2-9-21-13-7-5-12(6-8-13)18-16(20)15(19)17-11-14-4-3-10-22-14/h5-8,14H,2-4,9-11H2,1H3,(H,17,19)(H,18,20). The van der Waals surface area contributed by atoms with Gasteiger partial charge in [-0.15, -0.1) is 0 Å². The van der Waals surface area contributed by atoms with E-state index in [-0.39, 0.29) is 6.10 Å². The summed E-state index contributed by atoms with van der Waals surface area (Å²) < 4.78 is 10.8. The molecule has 0 bridgehead atoms. The highest BCUT2D eigenvalue weighted by Crippen LogP contribution is 2.16. The molecule has 1 heterocycles. The second kappa shape index (κ2) is 8.38. The molecule has 2 amide bonds. The van der Waals surface area contributed by atoms with Gasteiger partial charge in [0.15, 0.2) is 0 Å². The van der Waals surface area contributed by atoms with E-state index in [1.807, 2.05) is 6.92 Å². The van der Waals surface area contributed by atoms with Gasteiger partial charge in [-0.2, -0.15) is 0 Å². The average molecular weight is 306 g/mol. The van der Waals surface area contributed by atoms with Gasteiger partial charge >= 0.3 is 11.8 Å². The van der Waals surface area contributed by atoms with E-state index in [0.717, 1.165) is 31.6 Å². The Bertz CT molecular complexity index is 495. The van der Waals surface area contributed by atoms with Crippen LogP contribution in [0.15, 0.2) is 24.3 Å². The van der Waals surface area contributed by atoms with Gasteiger partial charge in [-0.1, -0.05) is 6.92 Å². The average Bonchev–Trinajstić information content (AvgIpc) is 3.05. The molecule has 1 atom stereocenters. The van der Waals surface area contributed by atoms with Crippen LogP contribution in [0.4, 0.5) is 5.69 Å². The molecule has 1 fully saturated rings. The van der Waals surface area contributed by atoms with Crippen LogP contribution in [-0.4, -0.2) is 37.7 Å². The van der Waals surface area contributed by atoms with Crippen LogP contribution in [0.3, 0.4) is 0 Å². The van der Waals surface area contributed by atoms with Crippen LogP contribution in [0.1, 0.15) is 26.2 Å². The molecule has 1 unspecified atom stereocenters. The van der Waals surface area contributed by atoms with Crippen LogP contribution in [0.25, 0.3) is 0 Å². The lowest BCUT2D eigenvalue weighted by molar-refractivity contribution is -0.136. The van der Waals surface area contributed by atoms with Gasteiger partial charge in [-0.25, -0.2) is 0 Å². The minimum Gasteiger partial charge on any atom is -0.494 e. The van der Waals surface area contributed by atoms with E-state index in [1.165, 1.54) is 0 Å². The Morgan fingerprint density at radius 1 is 1.27 bits per heavy atom. The fourth-order valence-corrected chi connectivity index (χ4v) is 2.13. The first-order valence-corrected chi connectivity index (χ1v) is 7.62. The van der Waals surface area contributed by atoms with Crippen molar-refractivity contribution in [1.82, 2.24) is 5.32 Å². The van der Waals surface area contributed by atoms with Crippen LogP contribution in [-0.2, 0) is 14.3 Å². The van der Waals surface area contributed by atoms with Gasteiger partial charge in [0.05, 0.1) is 12.7 Å². The van der Waals surface area contributed by atoms with Crippen LogP contribution >= 0.6 is 0 Å². The number of hydrogen-bond acceptors (Lipinski definition) is 4. The van der Waals surface area contributed by atoms with E-state index in [4.69, 9.17) is 9.47 Å². The lowest BCUT2D eigenvalue weighted by atomic mass is 10.2. The number of hydrogen-bond donors (Lipinski definition) is 2. The normalized spacial score (nSPS) is 17.0. The number of nitrogens with one attached hydrogen (secondary N) is 2. The number of benzene rings is 1. The molecule has 1 aromatic rings. The zero-order valence-electron chi connectivity index (χ0n) is 12.8. The molecule has 22 heavy (non-hydrogen) atoms. The number of carbonyl (C=O) groups excluding carboxylic acids is 2. The SMILES string of the molecule is CCCOc1ccc(NC(=O)C(=O)NCC2CCCO2)cc1. The van der Waals surface area contributed by atoms with Crippen molar-refractivity contribution in [3.63, 3.8) is 0 Å². The van der Waals surface area contributed by atoms with E-state index in [9.17, 15) is 9.59 Å². The Morgan fingerprint density at radius 2 is 2.05 bits per heavy atom. The van der Waals surface area contributed by atoms with Crippen molar-refractivity contribution < 1.29 is 19.1 Å². The third kappa shape index (κ3) is 5.04. The first kappa shape index (κ1) is 16.3. The van der Waals surface area contributed by atoms with Crippen molar-refractivity contribution in [3.8, 4) is 5.75 Å². The summed E-state index contributed by atoms with van der Waals surface area (Å²) >= 11 is 0. The lowest BCUT2D eigenvalue weighted by Crippen LogP contribution is -2.39. The second-order valence-corrected chi connectivity index (χ2v) is 5.17. The van der Waals surface area contributed by atoms with Crippen LogP contribution in [0.2, 0.25) is 0 Å². The van der Waals surface area contributed by atoms with Gasteiger partial charge in [0.2, 0.25) is 0 Å². The summed E-state index contributed by atoms with van der Waals surface area (Å²) in [5, 5.41) is 5.14. The molecule has 1 aliphatic heterocycles. The van der Waals surface area contributed by atoms with Gasteiger partial charge in [-0.3, -0.25) is 9.59 Å². The molecule has 0 spiro atoms. The van der Waals surface area contributed by atoms with Gasteiger partial charge in [-0.05, 0) is 43.5 Å². The summed E-state index contributed by atoms with van der Waals surface area (Å²) in [6, 6.07) is 6.93. The maximum atomic E-state index is 11.8. The Balaban J connectivity index is 1.76. The maximum absolute atomic E-state index is 11.8. The monoisotopic (exact) mass is 306 g/mol. The Labute approximate surface area is 130 Å². The van der Waals surface area contributed by atoms with E-state index in [0.29, 0.717) is 18.8 Å². The fraction of sp³-hybridized carbons (Fsp3) is 0.500. The molecule has 6 heteroatoms. The molecule has 0 aromatic heterocycles. The topological polar surface area (TPSA) is 76.7 Å². The summed E-state index contributed by atoms with van der Waals surface area (Å²) in [6.07, 6.45) is 2.87. The predicted molar refractivity (Wildman–Crippen MR) is 82.8 cm³/mol. The molecule has 1 aliphatic rings. The Hall–Kier alpha value is -2.08. The molecule has 0 radical (unpaired) electrons. The smallest absolute Gasteiger partial charge is 0.313 e. The van der Waals surface area contributed by atoms with Crippen LogP contribution in [0.5, 0.6) is 5.75 Å². The Morgan fingerprint density at radius 3 is 2.68 bits per heavy atom. The predicted octanol–water partition coefficient (Wildman–Crippen LogP) is 1.71. The highest BCUT2D eigenvalue weighted by atomic mass is 16.5. The van der Waals surface area contributed by atoms with Crippen molar-refractivity contribution in [2.45, 2.75) is 32.3 Å². The van der Waals surface area contributed by atoms with Crippen LogP contribution in [0, 0.1) is 0 Å². The zero-order chi connectivity index (χ0) is 15.8. The minimum atomic E-state index is -0.680. The van der Waals surface area contributed by atoms with Crippen molar-refractivity contribution in [2.24, 2.45) is 0 Å².